The molecule has 0 aliphatic carbocycles. The molecule has 6 heterocycles. The lowest BCUT2D eigenvalue weighted by atomic mass is 10.1. The van der Waals surface area contributed by atoms with Gasteiger partial charge in [0.1, 0.15) is 5.69 Å². The first-order valence-corrected chi connectivity index (χ1v) is 11.1. The van der Waals surface area contributed by atoms with E-state index in [1.165, 1.54) is 16.6 Å². The van der Waals surface area contributed by atoms with Gasteiger partial charge in [0.05, 0.1) is 36.0 Å². The minimum absolute atomic E-state index is 0.0800. The Morgan fingerprint density at radius 3 is 2.75 bits per heavy atom. The zero-order chi connectivity index (χ0) is 25.7. The summed E-state index contributed by atoms with van der Waals surface area (Å²) in [5, 5.41) is 14.8. The summed E-state index contributed by atoms with van der Waals surface area (Å²) < 4.78 is 44.8. The van der Waals surface area contributed by atoms with Crippen LogP contribution >= 0.6 is 0 Å². The van der Waals surface area contributed by atoms with Gasteiger partial charge in [-0.15, -0.1) is 10.2 Å². The highest BCUT2D eigenvalue weighted by atomic mass is 19.3. The number of alkyl halides is 2. The number of aromatic amines is 1. The van der Waals surface area contributed by atoms with Crippen LogP contribution in [0.1, 0.15) is 42.5 Å². The molecule has 188 valence electrons. The van der Waals surface area contributed by atoms with Crippen molar-refractivity contribution >= 4 is 11.4 Å². The van der Waals surface area contributed by atoms with Crippen LogP contribution in [0, 0.1) is 5.95 Å². The standard InChI is InChI=1S/C13H11F2N7O2.C7H5FN2.C2H6/c14-13(15)22-4-2-8(20-22)10-18-19-11(24-10)12(23)21-3-1-7-9(5-21)17-6-16-7;8-7-3-1-2-6-4-5-9-10(6)7;1-2/h2,4,6,13H,1,3,5H2,(H,16,17);1-5H;1-2H3. The van der Waals surface area contributed by atoms with E-state index < -0.39 is 12.5 Å². The first kappa shape index (κ1) is 24.6. The Balaban J connectivity index is 0.000000211. The Morgan fingerprint density at radius 2 is 2.00 bits per heavy atom. The number of carbonyl (C=O) groups excluding carboxylic acids is 1. The third-order valence-corrected chi connectivity index (χ3v) is 5.07. The van der Waals surface area contributed by atoms with E-state index >= 15 is 0 Å². The minimum atomic E-state index is -2.76. The average Bonchev–Trinajstić information content (AvgIpc) is 3.70. The Morgan fingerprint density at radius 1 is 1.17 bits per heavy atom. The average molecular weight is 501 g/mol. The van der Waals surface area contributed by atoms with Crippen LogP contribution in [0.2, 0.25) is 0 Å². The van der Waals surface area contributed by atoms with E-state index in [1.807, 2.05) is 13.8 Å². The van der Waals surface area contributed by atoms with Crippen LogP contribution in [0.4, 0.5) is 13.2 Å². The van der Waals surface area contributed by atoms with Gasteiger partial charge in [0.2, 0.25) is 5.95 Å². The first-order valence-electron chi connectivity index (χ1n) is 11.1. The molecule has 0 radical (unpaired) electrons. The molecule has 5 aromatic rings. The van der Waals surface area contributed by atoms with Crippen molar-refractivity contribution in [3.63, 3.8) is 0 Å². The maximum absolute atomic E-state index is 12.7. The van der Waals surface area contributed by atoms with Crippen molar-refractivity contribution in [1.82, 2.24) is 44.5 Å². The molecule has 0 bridgehead atoms. The van der Waals surface area contributed by atoms with Crippen LogP contribution in [0.15, 0.2) is 53.5 Å². The smallest absolute Gasteiger partial charge is 0.333 e. The van der Waals surface area contributed by atoms with E-state index in [2.05, 4.69) is 30.4 Å². The first-order chi connectivity index (χ1) is 17.5. The molecule has 1 amide bonds. The van der Waals surface area contributed by atoms with Crippen LogP contribution in [0.3, 0.4) is 0 Å². The molecule has 36 heavy (non-hydrogen) atoms. The predicted octanol–water partition coefficient (Wildman–Crippen LogP) is 3.75. The number of H-pyrrole nitrogens is 1. The molecule has 0 fully saturated rings. The van der Waals surface area contributed by atoms with Crippen LogP contribution in [-0.2, 0) is 13.0 Å². The van der Waals surface area contributed by atoms with Gasteiger partial charge in [0.15, 0.2) is 0 Å². The van der Waals surface area contributed by atoms with E-state index in [1.54, 1.807) is 35.6 Å². The van der Waals surface area contributed by atoms with Crippen LogP contribution in [0.5, 0.6) is 0 Å². The molecule has 11 nitrogen and oxygen atoms in total. The molecule has 0 saturated heterocycles. The fraction of sp³-hybridized carbons (Fsp3) is 0.273. The van der Waals surface area contributed by atoms with Crippen molar-refractivity contribution in [2.45, 2.75) is 33.4 Å². The summed E-state index contributed by atoms with van der Waals surface area (Å²) >= 11 is 0. The van der Waals surface area contributed by atoms with Gasteiger partial charge in [-0.1, -0.05) is 19.9 Å². The summed E-state index contributed by atoms with van der Waals surface area (Å²) in [6.45, 7) is 2.08. The summed E-state index contributed by atoms with van der Waals surface area (Å²) in [4.78, 5) is 21.1. The molecular weight excluding hydrogens is 479 g/mol. The number of fused-ring (bicyclic) bond motifs is 2. The molecule has 0 atom stereocenters. The Kier molecular flexibility index (Phi) is 7.42. The van der Waals surface area contributed by atoms with Gasteiger partial charge < -0.3 is 14.3 Å². The zero-order valence-corrected chi connectivity index (χ0v) is 19.3. The molecular formula is C22H22F3N9O2. The number of pyridine rings is 1. The topological polar surface area (TPSA) is 123 Å². The number of hydrogen-bond donors (Lipinski definition) is 1. The molecule has 1 aliphatic rings. The second kappa shape index (κ2) is 10.8. The fourth-order valence-electron chi connectivity index (χ4n) is 3.41. The van der Waals surface area contributed by atoms with Crippen molar-refractivity contribution < 1.29 is 22.4 Å². The monoisotopic (exact) mass is 501 g/mol. The molecule has 1 N–H and O–H groups in total. The van der Waals surface area contributed by atoms with Crippen molar-refractivity contribution in [3.8, 4) is 11.6 Å². The zero-order valence-electron chi connectivity index (χ0n) is 19.3. The van der Waals surface area contributed by atoms with E-state index in [0.717, 1.165) is 23.1 Å². The molecule has 0 spiro atoms. The summed E-state index contributed by atoms with van der Waals surface area (Å²) in [5.74, 6) is -1.05. The third kappa shape index (κ3) is 5.11. The number of nitrogens with one attached hydrogen (secondary N) is 1. The number of amides is 1. The highest BCUT2D eigenvalue weighted by molar-refractivity contribution is 5.89. The van der Waals surface area contributed by atoms with Gasteiger partial charge in [0.25, 0.3) is 5.89 Å². The third-order valence-electron chi connectivity index (χ3n) is 5.07. The highest BCUT2D eigenvalue weighted by Gasteiger charge is 2.27. The van der Waals surface area contributed by atoms with Gasteiger partial charge in [-0.05, 0) is 24.3 Å². The van der Waals surface area contributed by atoms with E-state index in [9.17, 15) is 18.0 Å². The summed E-state index contributed by atoms with van der Waals surface area (Å²) in [7, 11) is 0. The van der Waals surface area contributed by atoms with Gasteiger partial charge >= 0.3 is 18.3 Å². The van der Waals surface area contributed by atoms with Gasteiger partial charge in [-0.25, -0.2) is 14.2 Å². The van der Waals surface area contributed by atoms with E-state index in [4.69, 9.17) is 4.42 Å². The lowest BCUT2D eigenvalue weighted by Gasteiger charge is -2.24. The summed E-state index contributed by atoms with van der Waals surface area (Å²) in [5.41, 5.74) is 2.66. The van der Waals surface area contributed by atoms with E-state index in [0.29, 0.717) is 24.2 Å². The number of carbonyl (C=O) groups is 1. The largest absolute Gasteiger partial charge is 0.411 e. The summed E-state index contributed by atoms with van der Waals surface area (Å²) in [6.07, 6.45) is 4.88. The Bertz CT molecular complexity index is 1440. The van der Waals surface area contributed by atoms with Crippen molar-refractivity contribution in [2.75, 3.05) is 6.54 Å². The Labute approximate surface area is 202 Å². The second-order valence-corrected chi connectivity index (χ2v) is 7.19. The number of nitrogens with zero attached hydrogens (tertiary/aromatic N) is 8. The quantitative estimate of drug-likeness (QED) is 0.374. The van der Waals surface area contributed by atoms with Crippen LogP contribution < -0.4 is 0 Å². The molecule has 0 unspecified atom stereocenters. The SMILES string of the molecule is CC.Fc1cccc2ccnn12.O=C(c1nnc(-c2ccn(C(F)F)n2)o1)N1CCc2nc[nH]c2C1. The van der Waals surface area contributed by atoms with Crippen molar-refractivity contribution in [3.05, 3.63) is 72.3 Å². The van der Waals surface area contributed by atoms with Crippen molar-refractivity contribution in [2.24, 2.45) is 0 Å². The molecule has 5 aromatic heterocycles. The normalized spacial score (nSPS) is 12.6. The molecule has 0 aromatic carbocycles. The summed E-state index contributed by atoms with van der Waals surface area (Å²) in [6, 6.07) is 7.90. The molecule has 14 heteroatoms. The maximum atomic E-state index is 12.7. The maximum Gasteiger partial charge on any atom is 0.333 e. The minimum Gasteiger partial charge on any atom is -0.411 e. The molecule has 0 saturated carbocycles. The molecule has 6 rings (SSSR count). The second-order valence-electron chi connectivity index (χ2n) is 7.19. The van der Waals surface area contributed by atoms with Gasteiger partial charge in [-0.2, -0.15) is 23.4 Å². The lowest BCUT2D eigenvalue weighted by molar-refractivity contribution is 0.0567. The van der Waals surface area contributed by atoms with E-state index in [-0.39, 0.29) is 23.4 Å². The number of hydrogen-bond acceptors (Lipinski definition) is 7. The molecule has 1 aliphatic heterocycles. The van der Waals surface area contributed by atoms with Crippen LogP contribution in [0.25, 0.3) is 17.1 Å². The number of imidazole rings is 1. The number of halogens is 3. The van der Waals surface area contributed by atoms with Gasteiger partial charge in [-0.3, -0.25) is 4.79 Å². The van der Waals surface area contributed by atoms with Crippen LogP contribution in [-0.4, -0.2) is 56.9 Å². The lowest BCUT2D eigenvalue weighted by Crippen LogP contribution is -2.36. The van der Waals surface area contributed by atoms with Gasteiger partial charge in [0, 0.05) is 19.2 Å². The predicted molar refractivity (Wildman–Crippen MR) is 120 cm³/mol. The fourth-order valence-corrected chi connectivity index (χ4v) is 3.41. The van der Waals surface area contributed by atoms with Crippen molar-refractivity contribution in [1.29, 1.82) is 0 Å². The highest BCUT2D eigenvalue weighted by Crippen LogP contribution is 2.21. The number of rotatable bonds is 3. The number of aromatic nitrogens is 8. The Hall–Kier alpha value is -4.49.